The lowest BCUT2D eigenvalue weighted by atomic mass is 10.2. The zero-order valence-electron chi connectivity index (χ0n) is 17.9. The van der Waals surface area contributed by atoms with E-state index >= 15 is 0 Å². The van der Waals surface area contributed by atoms with Gasteiger partial charge >= 0.3 is 0 Å². The van der Waals surface area contributed by atoms with Crippen molar-refractivity contribution in [2.24, 2.45) is 0 Å². The Hall–Kier alpha value is -2.74. The number of carbonyl (C=O) groups excluding carboxylic acids is 1. The van der Waals surface area contributed by atoms with Crippen LogP contribution in [-0.4, -0.2) is 39.9 Å². The maximum atomic E-state index is 13.8. The van der Waals surface area contributed by atoms with Gasteiger partial charge < -0.3 is 4.74 Å². The van der Waals surface area contributed by atoms with Crippen LogP contribution in [0, 0.1) is 13.8 Å². The maximum absolute atomic E-state index is 13.8. The SMILES string of the molecule is Cc1cc(Cl)cc2sc(N(CC3CCCO3)C(=O)c3cnn(-c4ccccc4)c3C)nc12. The molecule has 0 spiro atoms. The Kier molecular flexibility index (Phi) is 5.71. The van der Waals surface area contributed by atoms with Crippen LogP contribution >= 0.6 is 22.9 Å². The molecule has 1 unspecified atom stereocenters. The monoisotopic (exact) mass is 466 g/mol. The molecule has 1 fully saturated rings. The average molecular weight is 467 g/mol. The van der Waals surface area contributed by atoms with Crippen LogP contribution < -0.4 is 4.90 Å². The molecule has 1 aliphatic rings. The van der Waals surface area contributed by atoms with Gasteiger partial charge in [-0.3, -0.25) is 9.69 Å². The molecule has 1 atom stereocenters. The van der Waals surface area contributed by atoms with Gasteiger partial charge in [0.25, 0.3) is 5.91 Å². The van der Waals surface area contributed by atoms with Crippen molar-refractivity contribution in [2.75, 3.05) is 18.1 Å². The predicted molar refractivity (Wildman–Crippen MR) is 128 cm³/mol. The van der Waals surface area contributed by atoms with Crippen molar-refractivity contribution in [3.63, 3.8) is 0 Å². The highest BCUT2D eigenvalue weighted by molar-refractivity contribution is 7.22. The first-order valence-electron chi connectivity index (χ1n) is 10.6. The summed E-state index contributed by atoms with van der Waals surface area (Å²) < 4.78 is 8.61. The standard InChI is InChI=1S/C24H23ClN4O2S/c1-15-11-17(25)12-21-22(15)27-24(32-21)28(14-19-9-6-10-31-19)23(30)20-13-26-29(16(20)2)18-7-4-3-5-8-18/h3-5,7-8,11-13,19H,6,9-10,14H2,1-2H3. The summed E-state index contributed by atoms with van der Waals surface area (Å²) in [4.78, 5) is 20.3. The number of carbonyl (C=O) groups is 1. The fourth-order valence-corrected chi connectivity index (χ4v) is 5.52. The summed E-state index contributed by atoms with van der Waals surface area (Å²) in [5, 5.41) is 5.81. The minimum Gasteiger partial charge on any atom is -0.376 e. The predicted octanol–water partition coefficient (Wildman–Crippen LogP) is 5.58. The number of aromatic nitrogens is 3. The van der Waals surface area contributed by atoms with E-state index in [0.29, 0.717) is 22.3 Å². The molecule has 4 aromatic rings. The number of nitrogens with zero attached hydrogens (tertiary/aromatic N) is 4. The fourth-order valence-electron chi connectivity index (χ4n) is 4.09. The molecule has 0 aliphatic carbocycles. The third-order valence-corrected chi connectivity index (χ3v) is 7.01. The van der Waals surface area contributed by atoms with E-state index in [4.69, 9.17) is 21.3 Å². The Morgan fingerprint density at radius 3 is 2.84 bits per heavy atom. The van der Waals surface area contributed by atoms with Gasteiger partial charge in [-0.25, -0.2) is 9.67 Å². The molecule has 0 bridgehead atoms. The van der Waals surface area contributed by atoms with Gasteiger partial charge in [-0.2, -0.15) is 5.10 Å². The number of amides is 1. The van der Waals surface area contributed by atoms with Gasteiger partial charge in [-0.1, -0.05) is 41.1 Å². The average Bonchev–Trinajstić information content (AvgIpc) is 3.52. The van der Waals surface area contributed by atoms with Crippen LogP contribution in [-0.2, 0) is 4.74 Å². The lowest BCUT2D eigenvalue weighted by Crippen LogP contribution is -2.37. The number of anilines is 1. The van der Waals surface area contributed by atoms with Crippen LogP contribution in [0.25, 0.3) is 15.9 Å². The summed E-state index contributed by atoms with van der Waals surface area (Å²) in [6.45, 7) is 5.09. The summed E-state index contributed by atoms with van der Waals surface area (Å²) in [5.41, 5.74) is 4.13. The highest BCUT2D eigenvalue weighted by Gasteiger charge is 2.29. The summed E-state index contributed by atoms with van der Waals surface area (Å²) in [6.07, 6.45) is 3.58. The van der Waals surface area contributed by atoms with Crippen molar-refractivity contribution >= 4 is 44.2 Å². The molecular formula is C24H23ClN4O2S. The number of rotatable bonds is 5. The van der Waals surface area contributed by atoms with E-state index in [2.05, 4.69) is 5.10 Å². The third-order valence-electron chi connectivity index (χ3n) is 5.77. The minimum absolute atomic E-state index is 0.000113. The van der Waals surface area contributed by atoms with Gasteiger partial charge in [0.15, 0.2) is 5.13 Å². The van der Waals surface area contributed by atoms with E-state index in [1.54, 1.807) is 15.8 Å². The van der Waals surface area contributed by atoms with Crippen LogP contribution in [0.3, 0.4) is 0 Å². The van der Waals surface area contributed by atoms with Crippen molar-refractivity contribution in [1.82, 2.24) is 14.8 Å². The van der Waals surface area contributed by atoms with Crippen molar-refractivity contribution in [3.05, 3.63) is 70.5 Å². The first kappa shape index (κ1) is 21.1. The molecular weight excluding hydrogens is 444 g/mol. The number of hydrogen-bond donors (Lipinski definition) is 0. The molecule has 1 saturated heterocycles. The summed E-state index contributed by atoms with van der Waals surface area (Å²) >= 11 is 7.73. The molecule has 32 heavy (non-hydrogen) atoms. The molecule has 6 nitrogen and oxygen atoms in total. The van der Waals surface area contributed by atoms with Gasteiger partial charge in [0.05, 0.1) is 46.0 Å². The van der Waals surface area contributed by atoms with E-state index in [-0.39, 0.29) is 12.0 Å². The molecule has 2 aromatic carbocycles. The zero-order valence-corrected chi connectivity index (χ0v) is 19.5. The minimum atomic E-state index is -0.122. The topological polar surface area (TPSA) is 60.2 Å². The van der Waals surface area contributed by atoms with Crippen molar-refractivity contribution in [2.45, 2.75) is 32.8 Å². The van der Waals surface area contributed by atoms with E-state index in [1.165, 1.54) is 11.3 Å². The smallest absolute Gasteiger partial charge is 0.263 e. The summed E-state index contributed by atoms with van der Waals surface area (Å²) in [5.74, 6) is -0.122. The largest absolute Gasteiger partial charge is 0.376 e. The number of ether oxygens (including phenoxy) is 1. The normalized spacial score (nSPS) is 16.0. The fraction of sp³-hybridized carbons (Fsp3) is 0.292. The first-order valence-corrected chi connectivity index (χ1v) is 11.8. The van der Waals surface area contributed by atoms with Crippen LogP contribution in [0.4, 0.5) is 5.13 Å². The van der Waals surface area contributed by atoms with Crippen LogP contribution in [0.15, 0.2) is 48.7 Å². The number of benzene rings is 2. The maximum Gasteiger partial charge on any atom is 0.263 e. The number of aryl methyl sites for hydroxylation is 1. The number of hydrogen-bond acceptors (Lipinski definition) is 5. The van der Waals surface area contributed by atoms with E-state index in [1.807, 2.05) is 56.3 Å². The Labute approximate surface area is 195 Å². The molecule has 0 saturated carbocycles. The Bertz CT molecular complexity index is 1280. The van der Waals surface area contributed by atoms with Gasteiger partial charge in [0.1, 0.15) is 0 Å². The first-order chi connectivity index (χ1) is 15.5. The molecule has 8 heteroatoms. The number of para-hydroxylation sites is 1. The second-order valence-corrected chi connectivity index (χ2v) is 9.45. The molecule has 164 valence electrons. The molecule has 3 heterocycles. The molecule has 0 radical (unpaired) electrons. The quantitative estimate of drug-likeness (QED) is 0.385. The summed E-state index contributed by atoms with van der Waals surface area (Å²) in [6, 6.07) is 13.6. The molecule has 1 aliphatic heterocycles. The van der Waals surface area contributed by atoms with Crippen LogP contribution in [0.1, 0.15) is 34.5 Å². The Morgan fingerprint density at radius 2 is 2.09 bits per heavy atom. The lowest BCUT2D eigenvalue weighted by molar-refractivity contribution is 0.0917. The van der Waals surface area contributed by atoms with Crippen molar-refractivity contribution in [1.29, 1.82) is 0 Å². The van der Waals surface area contributed by atoms with Gasteiger partial charge in [-0.05, 0) is 56.5 Å². The van der Waals surface area contributed by atoms with Crippen LogP contribution in [0.2, 0.25) is 5.02 Å². The van der Waals surface area contributed by atoms with E-state index < -0.39 is 0 Å². The van der Waals surface area contributed by atoms with Crippen molar-refractivity contribution in [3.8, 4) is 5.69 Å². The molecule has 1 amide bonds. The van der Waals surface area contributed by atoms with Crippen molar-refractivity contribution < 1.29 is 9.53 Å². The van der Waals surface area contributed by atoms with Gasteiger partial charge in [0, 0.05) is 11.6 Å². The van der Waals surface area contributed by atoms with Gasteiger partial charge in [-0.15, -0.1) is 0 Å². The number of halogens is 1. The summed E-state index contributed by atoms with van der Waals surface area (Å²) in [7, 11) is 0. The molecule has 0 N–H and O–H groups in total. The van der Waals surface area contributed by atoms with E-state index in [9.17, 15) is 4.79 Å². The highest BCUT2D eigenvalue weighted by Crippen LogP contribution is 2.34. The van der Waals surface area contributed by atoms with Gasteiger partial charge in [0.2, 0.25) is 0 Å². The second kappa shape index (κ2) is 8.65. The molecule has 5 rings (SSSR count). The number of fused-ring (bicyclic) bond motifs is 1. The Morgan fingerprint density at radius 1 is 1.28 bits per heavy atom. The zero-order chi connectivity index (χ0) is 22.2. The molecule has 2 aromatic heterocycles. The Balaban J connectivity index is 1.55. The highest BCUT2D eigenvalue weighted by atomic mass is 35.5. The lowest BCUT2D eigenvalue weighted by Gasteiger charge is -2.23. The second-order valence-electron chi connectivity index (χ2n) is 8.01. The number of thiazole rings is 1. The van der Waals surface area contributed by atoms with E-state index in [0.717, 1.165) is 46.6 Å². The third kappa shape index (κ3) is 3.92. The van der Waals surface area contributed by atoms with Crippen LogP contribution in [0.5, 0.6) is 0 Å².